The van der Waals surface area contributed by atoms with Gasteiger partial charge in [0.05, 0.1) is 22.9 Å². The molecule has 2 aromatic rings. The van der Waals surface area contributed by atoms with E-state index in [0.717, 1.165) is 36.9 Å². The van der Waals surface area contributed by atoms with Gasteiger partial charge in [-0.25, -0.2) is 4.39 Å². The summed E-state index contributed by atoms with van der Waals surface area (Å²) in [6.07, 6.45) is 2.74. The second kappa shape index (κ2) is 12.8. The van der Waals surface area contributed by atoms with Gasteiger partial charge in [0.2, 0.25) is 6.41 Å². The van der Waals surface area contributed by atoms with Gasteiger partial charge in [-0.15, -0.1) is 0 Å². The summed E-state index contributed by atoms with van der Waals surface area (Å²) in [5, 5.41) is 15.6. The van der Waals surface area contributed by atoms with E-state index in [0.29, 0.717) is 43.2 Å². The molecule has 1 aliphatic carbocycles. The first-order chi connectivity index (χ1) is 17.2. The van der Waals surface area contributed by atoms with Gasteiger partial charge in [0, 0.05) is 36.3 Å². The molecule has 194 valence electrons. The van der Waals surface area contributed by atoms with Crippen molar-refractivity contribution in [2.45, 2.75) is 24.9 Å². The lowest BCUT2D eigenvalue weighted by Crippen LogP contribution is -2.39. The van der Waals surface area contributed by atoms with E-state index in [2.05, 4.69) is 22.1 Å². The van der Waals surface area contributed by atoms with Gasteiger partial charge in [0.1, 0.15) is 23.9 Å². The molecule has 2 aromatic carbocycles. The second-order valence-corrected chi connectivity index (χ2v) is 9.28. The number of nitrogens with zero attached hydrogens (tertiary/aromatic N) is 1. The average molecular weight is 540 g/mol. The highest BCUT2D eigenvalue weighted by Gasteiger charge is 2.42. The van der Waals surface area contributed by atoms with Crippen LogP contribution in [0.3, 0.4) is 0 Å². The molecule has 1 fully saturated rings. The molecule has 3 N–H and O–H groups in total. The van der Waals surface area contributed by atoms with Gasteiger partial charge < -0.3 is 30.1 Å². The van der Waals surface area contributed by atoms with Gasteiger partial charge in [-0.3, -0.25) is 9.59 Å². The minimum atomic E-state index is -0.610. The van der Waals surface area contributed by atoms with E-state index in [1.807, 2.05) is 18.2 Å². The number of β-amino-alcohol motifs (C(OH)–C–C–N with tert-alkyl or cyclic N) is 1. The van der Waals surface area contributed by atoms with Gasteiger partial charge in [-0.2, -0.15) is 0 Å². The summed E-state index contributed by atoms with van der Waals surface area (Å²) in [5.74, 6) is 0.106. The quantitative estimate of drug-likeness (QED) is 0.398. The Kier molecular flexibility index (Phi) is 9.81. The third-order valence-corrected chi connectivity index (χ3v) is 6.01. The van der Waals surface area contributed by atoms with Crippen molar-refractivity contribution in [2.24, 2.45) is 0 Å². The van der Waals surface area contributed by atoms with Crippen LogP contribution in [0.2, 0.25) is 10.0 Å². The number of carbonyl (C=O) groups is 2. The molecule has 8 nitrogen and oxygen atoms in total. The monoisotopic (exact) mass is 539 g/mol. The second-order valence-electron chi connectivity index (χ2n) is 8.44. The van der Waals surface area contributed by atoms with E-state index in [-0.39, 0.29) is 23.3 Å². The number of ether oxygens (including phenoxy) is 2. The Morgan fingerprint density at radius 3 is 2.75 bits per heavy atom. The van der Waals surface area contributed by atoms with Crippen LogP contribution in [0.15, 0.2) is 48.7 Å². The molecule has 0 atom stereocenters. The highest BCUT2D eigenvalue weighted by molar-refractivity contribution is 6.31. The summed E-state index contributed by atoms with van der Waals surface area (Å²) in [4.78, 5) is 23.7. The number of carbonyl (C=O) groups excluding carboxylic acids is 2. The number of amides is 2. The van der Waals surface area contributed by atoms with Crippen molar-refractivity contribution in [2.75, 3.05) is 37.7 Å². The number of hydrogen-bond acceptors (Lipinski definition) is 6. The number of hydrogen-bond donors (Lipinski definition) is 3. The van der Waals surface area contributed by atoms with Gasteiger partial charge in [0.15, 0.2) is 6.61 Å². The largest absolute Gasteiger partial charge is 0.490 e. The number of anilines is 1. The van der Waals surface area contributed by atoms with Crippen LogP contribution >= 0.6 is 23.2 Å². The zero-order chi connectivity index (χ0) is 26.1. The Hall–Kier alpha value is -3.01. The Morgan fingerprint density at radius 2 is 2.06 bits per heavy atom. The third-order valence-electron chi connectivity index (χ3n) is 5.47. The minimum Gasteiger partial charge on any atom is -0.490 e. The third kappa shape index (κ3) is 8.58. The van der Waals surface area contributed by atoms with E-state index in [9.17, 15) is 19.1 Å². The van der Waals surface area contributed by atoms with Crippen molar-refractivity contribution in [1.82, 2.24) is 10.6 Å². The number of fused-ring (bicyclic) bond motifs is 1. The standard InChI is InChI=1S/C13H14ClFN2O3.C12H14ClNO2/c1-9(17-8-18)4-5-16-13(19)7-20-10-2-3-11(14)12(15)6-10;13-9-1-2-11-10(7-9)14(5-6-16-11)8-12(15)3-4-12/h2-3,6,8H,1,4-5,7H2,(H,16,19)(H,17,18);1-2,7,15H,3-6,8H2. The zero-order valence-corrected chi connectivity index (χ0v) is 21.1. The fourth-order valence-corrected chi connectivity index (χ4v) is 3.63. The lowest BCUT2D eigenvalue weighted by atomic mass is 10.2. The Balaban J connectivity index is 0.000000204. The van der Waals surface area contributed by atoms with Crippen LogP contribution < -0.4 is 25.0 Å². The molecule has 0 radical (unpaired) electrons. The van der Waals surface area contributed by atoms with Gasteiger partial charge in [-0.05, 0) is 43.2 Å². The summed E-state index contributed by atoms with van der Waals surface area (Å²) in [6, 6.07) is 9.54. The van der Waals surface area contributed by atoms with E-state index in [1.54, 1.807) is 0 Å². The smallest absolute Gasteiger partial charge is 0.257 e. The summed E-state index contributed by atoms with van der Waals surface area (Å²) in [6.45, 7) is 5.82. The first-order valence-corrected chi connectivity index (χ1v) is 12.1. The molecule has 2 aliphatic rings. The molecule has 0 aromatic heterocycles. The number of halogens is 3. The molecule has 0 saturated heterocycles. The van der Waals surface area contributed by atoms with Crippen molar-refractivity contribution in [1.29, 1.82) is 0 Å². The van der Waals surface area contributed by atoms with Crippen LogP contribution in [0.1, 0.15) is 19.3 Å². The molecule has 1 heterocycles. The molecule has 0 spiro atoms. The van der Waals surface area contributed by atoms with Crippen molar-refractivity contribution < 1.29 is 28.6 Å². The molecule has 1 saturated carbocycles. The van der Waals surface area contributed by atoms with Gasteiger partial charge in [-0.1, -0.05) is 29.8 Å². The fraction of sp³-hybridized carbons (Fsp3) is 0.360. The molecule has 4 rings (SSSR count). The van der Waals surface area contributed by atoms with Gasteiger partial charge in [0.25, 0.3) is 5.91 Å². The van der Waals surface area contributed by atoms with Crippen LogP contribution in [0, 0.1) is 5.82 Å². The molecule has 0 bridgehead atoms. The Labute approximate surface area is 219 Å². The molecular formula is C25H28Cl2FN3O5. The maximum absolute atomic E-state index is 13.1. The SMILES string of the molecule is C=C(CCNC(=O)COc1ccc(Cl)c(F)c1)NC=O.OC1(CN2CCOc3ccc(Cl)cc32)CC1. The minimum absolute atomic E-state index is 0.0111. The molecule has 0 unspecified atom stereocenters. The molecule has 1 aliphatic heterocycles. The van der Waals surface area contributed by atoms with E-state index < -0.39 is 11.4 Å². The number of rotatable bonds is 10. The Morgan fingerprint density at radius 1 is 1.28 bits per heavy atom. The van der Waals surface area contributed by atoms with Crippen LogP contribution in [-0.2, 0) is 9.59 Å². The van der Waals surface area contributed by atoms with Crippen molar-refractivity contribution >= 4 is 41.2 Å². The average Bonchev–Trinajstić information content (AvgIpc) is 3.57. The zero-order valence-electron chi connectivity index (χ0n) is 19.6. The first-order valence-electron chi connectivity index (χ1n) is 11.3. The summed E-state index contributed by atoms with van der Waals surface area (Å²) >= 11 is 11.5. The molecule has 2 amide bonds. The number of benzene rings is 2. The predicted octanol–water partition coefficient (Wildman–Crippen LogP) is 3.69. The van der Waals surface area contributed by atoms with Crippen LogP contribution in [0.5, 0.6) is 11.5 Å². The topological polar surface area (TPSA) is 100 Å². The lowest BCUT2D eigenvalue weighted by molar-refractivity contribution is -0.123. The van der Waals surface area contributed by atoms with E-state index in [1.165, 1.54) is 12.1 Å². The number of nitrogens with one attached hydrogen (secondary N) is 2. The lowest BCUT2D eigenvalue weighted by Gasteiger charge is -2.32. The maximum atomic E-state index is 13.1. The fourth-order valence-electron chi connectivity index (χ4n) is 3.34. The molecular weight excluding hydrogens is 512 g/mol. The van der Waals surface area contributed by atoms with E-state index in [4.69, 9.17) is 32.7 Å². The van der Waals surface area contributed by atoms with Crippen LogP contribution in [0.25, 0.3) is 0 Å². The van der Waals surface area contributed by atoms with Crippen LogP contribution in [-0.4, -0.2) is 55.9 Å². The number of aliphatic hydroxyl groups is 1. The van der Waals surface area contributed by atoms with Crippen molar-refractivity contribution in [3.05, 3.63) is 64.5 Å². The molecule has 36 heavy (non-hydrogen) atoms. The van der Waals surface area contributed by atoms with Crippen LogP contribution in [0.4, 0.5) is 10.1 Å². The normalized spacial score (nSPS) is 14.8. The maximum Gasteiger partial charge on any atom is 0.257 e. The van der Waals surface area contributed by atoms with Gasteiger partial charge >= 0.3 is 0 Å². The highest BCUT2D eigenvalue weighted by Crippen LogP contribution is 2.40. The first kappa shape index (κ1) is 27.6. The summed E-state index contributed by atoms with van der Waals surface area (Å²) in [5.41, 5.74) is 1.02. The highest BCUT2D eigenvalue weighted by atomic mass is 35.5. The van der Waals surface area contributed by atoms with E-state index >= 15 is 0 Å². The molecule has 11 heteroatoms. The van der Waals surface area contributed by atoms with Crippen molar-refractivity contribution in [3.63, 3.8) is 0 Å². The summed E-state index contributed by atoms with van der Waals surface area (Å²) < 4.78 is 23.8. The summed E-state index contributed by atoms with van der Waals surface area (Å²) in [7, 11) is 0. The Bertz CT molecular complexity index is 1100. The predicted molar refractivity (Wildman–Crippen MR) is 136 cm³/mol. The van der Waals surface area contributed by atoms with Crippen molar-refractivity contribution in [3.8, 4) is 11.5 Å².